The van der Waals surface area contributed by atoms with E-state index in [-0.39, 0.29) is 0 Å². The molecule has 1 heteroatoms. The van der Waals surface area contributed by atoms with Gasteiger partial charge in [-0.3, -0.25) is 0 Å². The molecule has 0 fully saturated rings. The molecule has 0 spiro atoms. The van der Waals surface area contributed by atoms with E-state index in [0.29, 0.717) is 0 Å². The summed E-state index contributed by atoms with van der Waals surface area (Å²) >= 11 is 5.87. The molecule has 0 unspecified atom stereocenters. The quantitative estimate of drug-likeness (QED) is 0.699. The normalized spacial score (nSPS) is 9.67. The molecule has 2 aromatic rings. The lowest BCUT2D eigenvalue weighted by molar-refractivity contribution is 1.55. The van der Waals surface area contributed by atoms with Crippen molar-refractivity contribution in [1.29, 1.82) is 0 Å². The first-order chi connectivity index (χ1) is 7.42. The molecular formula is C14H11Cl. The van der Waals surface area contributed by atoms with Crippen LogP contribution in [0.2, 0.25) is 0 Å². The van der Waals surface area contributed by atoms with Crippen LogP contribution in [0.3, 0.4) is 0 Å². The van der Waals surface area contributed by atoms with Crippen LogP contribution in [0.1, 0.15) is 11.1 Å². The molecule has 0 nitrogen and oxygen atoms in total. The second-order valence-electron chi connectivity index (χ2n) is 3.25. The SMILES string of the molecule is ClC=C(c1ccccc1)c1ccccc1. The van der Waals surface area contributed by atoms with Crippen LogP contribution in [-0.4, -0.2) is 0 Å². The van der Waals surface area contributed by atoms with Crippen molar-refractivity contribution in [1.82, 2.24) is 0 Å². The zero-order chi connectivity index (χ0) is 10.5. The van der Waals surface area contributed by atoms with Crippen LogP contribution in [0.5, 0.6) is 0 Å². The Balaban J connectivity index is 2.44. The van der Waals surface area contributed by atoms with Crippen LogP contribution >= 0.6 is 11.6 Å². The molecule has 2 rings (SSSR count). The Bertz CT molecular complexity index is 402. The maximum atomic E-state index is 5.87. The molecule has 0 bridgehead atoms. The summed E-state index contributed by atoms with van der Waals surface area (Å²) in [5.41, 5.74) is 4.96. The summed E-state index contributed by atoms with van der Waals surface area (Å²) < 4.78 is 0. The predicted octanol–water partition coefficient (Wildman–Crippen LogP) is 4.31. The first kappa shape index (κ1) is 10.0. The predicted molar refractivity (Wildman–Crippen MR) is 65.8 cm³/mol. The van der Waals surface area contributed by atoms with Gasteiger partial charge in [0.1, 0.15) is 0 Å². The van der Waals surface area contributed by atoms with Gasteiger partial charge in [-0.05, 0) is 11.1 Å². The average molecular weight is 215 g/mol. The summed E-state index contributed by atoms with van der Waals surface area (Å²) in [5.74, 6) is 0. The number of hydrogen-bond acceptors (Lipinski definition) is 0. The molecule has 0 amide bonds. The van der Waals surface area contributed by atoms with Crippen molar-refractivity contribution in [3.05, 3.63) is 77.3 Å². The highest BCUT2D eigenvalue weighted by molar-refractivity contribution is 6.29. The third-order valence-corrected chi connectivity index (χ3v) is 2.50. The summed E-state index contributed by atoms with van der Waals surface area (Å²) in [5, 5.41) is 0. The van der Waals surface area contributed by atoms with E-state index in [1.54, 1.807) is 5.54 Å². The van der Waals surface area contributed by atoms with E-state index in [1.807, 2.05) is 36.4 Å². The van der Waals surface area contributed by atoms with Gasteiger partial charge < -0.3 is 0 Å². The molecule has 0 saturated heterocycles. The zero-order valence-corrected chi connectivity index (χ0v) is 8.98. The second kappa shape index (κ2) is 4.81. The first-order valence-corrected chi connectivity index (χ1v) is 5.26. The monoisotopic (exact) mass is 214 g/mol. The summed E-state index contributed by atoms with van der Waals surface area (Å²) in [4.78, 5) is 0. The Morgan fingerprint density at radius 1 is 0.733 bits per heavy atom. The molecule has 0 saturated carbocycles. The molecule has 74 valence electrons. The minimum atomic E-state index is 1.05. The second-order valence-corrected chi connectivity index (χ2v) is 3.47. The molecule has 0 atom stereocenters. The van der Waals surface area contributed by atoms with Crippen molar-refractivity contribution in [3.8, 4) is 0 Å². The van der Waals surface area contributed by atoms with Crippen LogP contribution in [-0.2, 0) is 0 Å². The Morgan fingerprint density at radius 3 is 1.47 bits per heavy atom. The van der Waals surface area contributed by atoms with Crippen LogP contribution in [0.4, 0.5) is 0 Å². The first-order valence-electron chi connectivity index (χ1n) is 4.83. The highest BCUT2D eigenvalue weighted by Gasteiger charge is 2.02. The standard InChI is InChI=1S/C14H11Cl/c15-11-14(12-7-3-1-4-8-12)13-9-5-2-6-10-13/h1-11H. The maximum absolute atomic E-state index is 5.87. The lowest BCUT2D eigenvalue weighted by Crippen LogP contribution is -1.85. The summed E-state index contributed by atoms with van der Waals surface area (Å²) in [6.45, 7) is 0. The van der Waals surface area contributed by atoms with Crippen molar-refractivity contribution in [3.63, 3.8) is 0 Å². The van der Waals surface area contributed by atoms with E-state index in [9.17, 15) is 0 Å². The molecule has 2 aromatic carbocycles. The van der Waals surface area contributed by atoms with Gasteiger partial charge in [-0.2, -0.15) is 0 Å². The Kier molecular flexibility index (Phi) is 3.21. The van der Waals surface area contributed by atoms with Gasteiger partial charge in [0.15, 0.2) is 0 Å². The Labute approximate surface area is 94.8 Å². The minimum absolute atomic E-state index is 1.05. The smallest absolute Gasteiger partial charge is 0.0127 e. The molecule has 0 aliphatic heterocycles. The number of benzene rings is 2. The highest BCUT2D eigenvalue weighted by atomic mass is 35.5. The fourth-order valence-electron chi connectivity index (χ4n) is 1.53. The topological polar surface area (TPSA) is 0 Å². The maximum Gasteiger partial charge on any atom is 0.0127 e. The average Bonchev–Trinajstić information content (AvgIpc) is 2.33. The molecule has 15 heavy (non-hydrogen) atoms. The van der Waals surface area contributed by atoms with Crippen LogP contribution < -0.4 is 0 Å². The minimum Gasteiger partial charge on any atom is -0.0923 e. The lowest BCUT2D eigenvalue weighted by Gasteiger charge is -2.06. The third-order valence-electron chi connectivity index (χ3n) is 2.28. The van der Waals surface area contributed by atoms with Gasteiger partial charge in [0.2, 0.25) is 0 Å². The fourth-order valence-corrected chi connectivity index (χ4v) is 1.78. The van der Waals surface area contributed by atoms with Gasteiger partial charge in [-0.15, -0.1) is 0 Å². The van der Waals surface area contributed by atoms with E-state index in [0.717, 1.165) is 16.7 Å². The molecule has 0 N–H and O–H groups in total. The van der Waals surface area contributed by atoms with Crippen LogP contribution in [0.15, 0.2) is 66.2 Å². The fraction of sp³-hybridized carbons (Fsp3) is 0. The molecule has 0 radical (unpaired) electrons. The largest absolute Gasteiger partial charge is 0.0923 e. The van der Waals surface area contributed by atoms with Gasteiger partial charge >= 0.3 is 0 Å². The zero-order valence-electron chi connectivity index (χ0n) is 8.23. The van der Waals surface area contributed by atoms with Gasteiger partial charge in [-0.1, -0.05) is 72.3 Å². The van der Waals surface area contributed by atoms with E-state index >= 15 is 0 Å². The molecule has 0 heterocycles. The van der Waals surface area contributed by atoms with E-state index in [1.165, 1.54) is 0 Å². The molecule has 0 aliphatic rings. The van der Waals surface area contributed by atoms with Gasteiger partial charge in [0, 0.05) is 11.1 Å². The lowest BCUT2D eigenvalue weighted by atomic mass is 10.00. The van der Waals surface area contributed by atoms with Crippen LogP contribution in [0, 0.1) is 0 Å². The van der Waals surface area contributed by atoms with Crippen molar-refractivity contribution >= 4 is 17.2 Å². The Morgan fingerprint density at radius 2 is 1.13 bits per heavy atom. The molecule has 0 aromatic heterocycles. The highest BCUT2D eigenvalue weighted by Crippen LogP contribution is 2.23. The number of hydrogen-bond donors (Lipinski definition) is 0. The van der Waals surface area contributed by atoms with E-state index in [4.69, 9.17) is 11.6 Å². The van der Waals surface area contributed by atoms with E-state index in [2.05, 4.69) is 24.3 Å². The summed E-state index contributed by atoms with van der Waals surface area (Å²) in [6, 6.07) is 20.3. The summed E-state index contributed by atoms with van der Waals surface area (Å²) in [6.07, 6.45) is 0. The van der Waals surface area contributed by atoms with Crippen molar-refractivity contribution in [2.75, 3.05) is 0 Å². The van der Waals surface area contributed by atoms with Gasteiger partial charge in [0.05, 0.1) is 0 Å². The van der Waals surface area contributed by atoms with Crippen molar-refractivity contribution in [2.45, 2.75) is 0 Å². The third kappa shape index (κ3) is 2.28. The Hall–Kier alpha value is -1.53. The summed E-state index contributed by atoms with van der Waals surface area (Å²) in [7, 11) is 0. The van der Waals surface area contributed by atoms with Crippen molar-refractivity contribution in [2.24, 2.45) is 0 Å². The number of rotatable bonds is 2. The number of halogens is 1. The molecular weight excluding hydrogens is 204 g/mol. The van der Waals surface area contributed by atoms with Crippen molar-refractivity contribution < 1.29 is 0 Å². The van der Waals surface area contributed by atoms with Gasteiger partial charge in [0.25, 0.3) is 0 Å². The van der Waals surface area contributed by atoms with E-state index < -0.39 is 0 Å². The molecule has 0 aliphatic carbocycles. The van der Waals surface area contributed by atoms with Crippen LogP contribution in [0.25, 0.3) is 5.57 Å². The van der Waals surface area contributed by atoms with Gasteiger partial charge in [-0.25, -0.2) is 0 Å².